The van der Waals surface area contributed by atoms with E-state index in [0.29, 0.717) is 0 Å². The molecule has 3 rings (SSSR count). The lowest BCUT2D eigenvalue weighted by molar-refractivity contribution is 0.375. The molecule has 1 saturated heterocycles. The first-order valence-electron chi connectivity index (χ1n) is 8.69. The minimum Gasteiger partial charge on any atom is -0.352 e. The number of thioether (sulfide) groups is 1. The Morgan fingerprint density at radius 2 is 2.04 bits per heavy atom. The first kappa shape index (κ1) is 17.9. The molecular weight excluding hydrogens is 330 g/mol. The molecule has 0 aliphatic carbocycles. The quantitative estimate of drug-likeness (QED) is 0.675. The van der Waals surface area contributed by atoms with Crippen LogP contribution in [0.2, 0.25) is 0 Å². The van der Waals surface area contributed by atoms with Crippen molar-refractivity contribution in [3.63, 3.8) is 0 Å². The lowest BCUT2D eigenvalue weighted by Crippen LogP contribution is -2.50. The molecule has 1 fully saturated rings. The fourth-order valence-electron chi connectivity index (χ4n) is 3.06. The van der Waals surface area contributed by atoms with Gasteiger partial charge in [0.1, 0.15) is 0 Å². The fourth-order valence-corrected chi connectivity index (χ4v) is 4.18. The average Bonchev–Trinajstić information content (AvgIpc) is 3.09. The van der Waals surface area contributed by atoms with Gasteiger partial charge < -0.3 is 14.8 Å². The number of benzene rings is 1. The zero-order valence-electron chi connectivity index (χ0n) is 15.3. The second-order valence-electron chi connectivity index (χ2n) is 6.98. The number of hydrogen-bond donors (Lipinski definition) is 1. The van der Waals surface area contributed by atoms with Gasteiger partial charge in [-0.2, -0.15) is 11.8 Å². The van der Waals surface area contributed by atoms with Crippen molar-refractivity contribution >= 4 is 17.7 Å². The van der Waals surface area contributed by atoms with Crippen LogP contribution in [0.5, 0.6) is 0 Å². The Morgan fingerprint density at radius 3 is 2.68 bits per heavy atom. The highest BCUT2D eigenvalue weighted by Gasteiger charge is 2.28. The molecule has 0 radical (unpaired) electrons. The van der Waals surface area contributed by atoms with Crippen LogP contribution in [0, 0.1) is 0 Å². The molecule has 1 aliphatic heterocycles. The summed E-state index contributed by atoms with van der Waals surface area (Å²) in [6.45, 7) is 8.34. The third-order valence-electron chi connectivity index (χ3n) is 4.33. The SMILES string of the molecule is CN=C(NCc1ccc(Cn2ccnc2)cc1)N1CCSC(C)(C)C1. The third-order valence-corrected chi connectivity index (χ3v) is 5.63. The molecule has 0 bridgehead atoms. The van der Waals surface area contributed by atoms with E-state index >= 15 is 0 Å². The predicted molar refractivity (Wildman–Crippen MR) is 106 cm³/mol. The average molecular weight is 358 g/mol. The molecule has 0 unspecified atom stereocenters. The first-order chi connectivity index (χ1) is 12.1. The van der Waals surface area contributed by atoms with Gasteiger partial charge in [0.2, 0.25) is 0 Å². The normalized spacial score (nSPS) is 17.6. The van der Waals surface area contributed by atoms with Crippen molar-refractivity contribution < 1.29 is 0 Å². The van der Waals surface area contributed by atoms with Crippen molar-refractivity contribution in [3.05, 3.63) is 54.1 Å². The van der Waals surface area contributed by atoms with Crippen LogP contribution >= 0.6 is 11.8 Å². The van der Waals surface area contributed by atoms with E-state index in [1.54, 1.807) is 0 Å². The maximum atomic E-state index is 4.47. The van der Waals surface area contributed by atoms with E-state index in [2.05, 4.69) is 62.9 Å². The molecule has 2 heterocycles. The van der Waals surface area contributed by atoms with Crippen LogP contribution in [-0.2, 0) is 13.1 Å². The molecule has 1 N–H and O–H groups in total. The molecule has 1 aromatic heterocycles. The Hall–Kier alpha value is -1.95. The topological polar surface area (TPSA) is 45.5 Å². The highest BCUT2D eigenvalue weighted by molar-refractivity contribution is 8.00. The third kappa shape index (κ3) is 5.01. The molecule has 25 heavy (non-hydrogen) atoms. The van der Waals surface area contributed by atoms with Gasteiger partial charge in [0.05, 0.1) is 6.33 Å². The first-order valence-corrected chi connectivity index (χ1v) is 9.67. The zero-order valence-corrected chi connectivity index (χ0v) is 16.1. The number of guanidine groups is 1. The number of nitrogens with one attached hydrogen (secondary N) is 1. The van der Waals surface area contributed by atoms with E-state index in [1.165, 1.54) is 11.1 Å². The van der Waals surface area contributed by atoms with Gasteiger partial charge in [0, 0.05) is 56.1 Å². The van der Waals surface area contributed by atoms with Crippen molar-refractivity contribution in [2.45, 2.75) is 31.7 Å². The summed E-state index contributed by atoms with van der Waals surface area (Å²) >= 11 is 2.04. The number of aromatic nitrogens is 2. The second-order valence-corrected chi connectivity index (χ2v) is 8.78. The number of aliphatic imine (C=N–C) groups is 1. The molecule has 1 aliphatic rings. The van der Waals surface area contributed by atoms with Crippen LogP contribution in [0.15, 0.2) is 48.0 Å². The fraction of sp³-hybridized carbons (Fsp3) is 0.474. The predicted octanol–water partition coefficient (Wildman–Crippen LogP) is 2.83. The minimum absolute atomic E-state index is 0.283. The maximum absolute atomic E-state index is 4.47. The Morgan fingerprint density at radius 1 is 1.28 bits per heavy atom. The van der Waals surface area contributed by atoms with Crippen molar-refractivity contribution in [1.82, 2.24) is 19.8 Å². The van der Waals surface area contributed by atoms with Gasteiger partial charge in [-0.1, -0.05) is 24.3 Å². The molecule has 0 saturated carbocycles. The summed E-state index contributed by atoms with van der Waals surface area (Å²) in [6, 6.07) is 8.73. The Balaban J connectivity index is 1.55. The highest BCUT2D eigenvalue weighted by Crippen LogP contribution is 2.29. The molecule has 6 heteroatoms. The van der Waals surface area contributed by atoms with Crippen LogP contribution in [0.25, 0.3) is 0 Å². The molecular formula is C19H27N5S. The summed E-state index contributed by atoms with van der Waals surface area (Å²) in [7, 11) is 1.87. The van der Waals surface area contributed by atoms with Gasteiger partial charge in [0.25, 0.3) is 0 Å². The minimum atomic E-state index is 0.283. The summed E-state index contributed by atoms with van der Waals surface area (Å²) in [4.78, 5) is 10.9. The van der Waals surface area contributed by atoms with Gasteiger partial charge in [-0.3, -0.25) is 4.99 Å². The van der Waals surface area contributed by atoms with E-state index in [-0.39, 0.29) is 4.75 Å². The summed E-state index contributed by atoms with van der Waals surface area (Å²) in [5.74, 6) is 2.15. The number of nitrogens with zero attached hydrogens (tertiary/aromatic N) is 4. The van der Waals surface area contributed by atoms with Crippen molar-refractivity contribution in [2.24, 2.45) is 4.99 Å². The van der Waals surface area contributed by atoms with E-state index in [9.17, 15) is 0 Å². The number of imidazole rings is 1. The summed E-state index contributed by atoms with van der Waals surface area (Å²) in [5, 5.41) is 3.51. The molecule has 1 aromatic carbocycles. The molecule has 0 atom stereocenters. The Bertz CT molecular complexity index is 691. The molecule has 0 spiro atoms. The summed E-state index contributed by atoms with van der Waals surface area (Å²) < 4.78 is 2.36. The largest absolute Gasteiger partial charge is 0.352 e. The maximum Gasteiger partial charge on any atom is 0.193 e. The van der Waals surface area contributed by atoms with Crippen molar-refractivity contribution in [3.8, 4) is 0 Å². The van der Waals surface area contributed by atoms with Crippen LogP contribution in [0.1, 0.15) is 25.0 Å². The Kier molecular flexibility index (Phi) is 5.68. The molecule has 134 valence electrons. The lowest BCUT2D eigenvalue weighted by Gasteiger charge is -2.39. The van der Waals surface area contributed by atoms with E-state index in [4.69, 9.17) is 0 Å². The molecule has 2 aromatic rings. The zero-order chi connectivity index (χ0) is 17.7. The second kappa shape index (κ2) is 7.95. The number of rotatable bonds is 4. The van der Waals surface area contributed by atoms with Gasteiger partial charge in [-0.15, -0.1) is 0 Å². The van der Waals surface area contributed by atoms with Crippen LogP contribution < -0.4 is 5.32 Å². The summed E-state index contributed by atoms with van der Waals surface area (Å²) in [6.07, 6.45) is 5.64. The van der Waals surface area contributed by atoms with E-state index in [0.717, 1.165) is 37.9 Å². The van der Waals surface area contributed by atoms with Gasteiger partial charge in [0.15, 0.2) is 5.96 Å². The lowest BCUT2D eigenvalue weighted by atomic mass is 10.1. The van der Waals surface area contributed by atoms with E-state index in [1.807, 2.05) is 37.5 Å². The Labute approximate surface area is 154 Å². The van der Waals surface area contributed by atoms with Gasteiger partial charge >= 0.3 is 0 Å². The molecule has 5 nitrogen and oxygen atoms in total. The highest BCUT2D eigenvalue weighted by atomic mass is 32.2. The van der Waals surface area contributed by atoms with Crippen LogP contribution in [0.4, 0.5) is 0 Å². The van der Waals surface area contributed by atoms with Crippen LogP contribution in [0.3, 0.4) is 0 Å². The number of hydrogen-bond acceptors (Lipinski definition) is 3. The smallest absolute Gasteiger partial charge is 0.193 e. The van der Waals surface area contributed by atoms with Gasteiger partial charge in [-0.25, -0.2) is 4.98 Å². The van der Waals surface area contributed by atoms with Crippen LogP contribution in [-0.4, -0.2) is 51.0 Å². The van der Waals surface area contributed by atoms with E-state index < -0.39 is 0 Å². The molecule has 0 amide bonds. The van der Waals surface area contributed by atoms with Crippen molar-refractivity contribution in [2.75, 3.05) is 25.9 Å². The van der Waals surface area contributed by atoms with Gasteiger partial charge in [-0.05, 0) is 25.0 Å². The standard InChI is InChI=1S/C19H27N5S/c1-19(2)14-24(10-11-25-19)18(20-3)22-12-16-4-6-17(7-5-16)13-23-9-8-21-15-23/h4-9,15H,10-14H2,1-3H3,(H,20,22). The van der Waals surface area contributed by atoms with Crippen molar-refractivity contribution in [1.29, 1.82) is 0 Å². The monoisotopic (exact) mass is 357 g/mol. The summed E-state index contributed by atoms with van der Waals surface area (Å²) in [5.41, 5.74) is 2.54.